The summed E-state index contributed by atoms with van der Waals surface area (Å²) in [7, 11) is 0. The van der Waals surface area contributed by atoms with Crippen LogP contribution in [0.1, 0.15) is 18.2 Å². The number of hydrogen-bond donors (Lipinski definition) is 0. The zero-order chi connectivity index (χ0) is 13.6. The Morgan fingerprint density at radius 3 is 2.60 bits per heavy atom. The minimum atomic E-state index is -0.0989. The summed E-state index contributed by atoms with van der Waals surface area (Å²) in [6.07, 6.45) is 1.11. The van der Waals surface area contributed by atoms with Crippen molar-refractivity contribution in [1.29, 1.82) is 0 Å². The molecule has 2 atom stereocenters. The minimum Gasteiger partial charge on any atom is -0.481 e. The van der Waals surface area contributed by atoms with E-state index in [-0.39, 0.29) is 5.60 Å². The monoisotopic (exact) mass is 280 g/mol. The van der Waals surface area contributed by atoms with Gasteiger partial charge in [-0.05, 0) is 29.3 Å². The molecule has 1 heterocycles. The van der Waals surface area contributed by atoms with Crippen molar-refractivity contribution in [3.8, 4) is 5.75 Å². The lowest BCUT2D eigenvalue weighted by atomic mass is 10.1. The first-order valence-electron chi connectivity index (χ1n) is 7.00. The molecular weight excluding hydrogens is 264 g/mol. The van der Waals surface area contributed by atoms with Crippen LogP contribution in [0.5, 0.6) is 5.75 Å². The summed E-state index contributed by atoms with van der Waals surface area (Å²) in [6.45, 7) is 2.27. The zero-order valence-corrected chi connectivity index (χ0v) is 12.2. The molecule has 0 aliphatic heterocycles. The average molecular weight is 280 g/mol. The van der Waals surface area contributed by atoms with Gasteiger partial charge in [0.15, 0.2) is 0 Å². The van der Waals surface area contributed by atoms with Crippen molar-refractivity contribution in [2.75, 3.05) is 0 Å². The van der Waals surface area contributed by atoms with Crippen molar-refractivity contribution in [2.45, 2.75) is 18.9 Å². The average Bonchev–Trinajstić information content (AvgIpc) is 2.92. The third kappa shape index (κ3) is 1.75. The Kier molecular flexibility index (Phi) is 2.61. The fourth-order valence-corrected chi connectivity index (χ4v) is 3.92. The summed E-state index contributed by atoms with van der Waals surface area (Å²) in [5, 5.41) is 4.57. The molecule has 0 N–H and O–H groups in total. The molecule has 1 aliphatic rings. The maximum Gasteiger partial charge on any atom is 0.146 e. The number of benzene rings is 2. The molecule has 0 saturated heterocycles. The second-order valence-electron chi connectivity index (χ2n) is 5.55. The van der Waals surface area contributed by atoms with Crippen LogP contribution in [-0.2, 0) is 5.60 Å². The molecule has 1 unspecified atom stereocenters. The van der Waals surface area contributed by atoms with E-state index in [0.717, 1.165) is 12.2 Å². The molecule has 0 spiro atoms. The summed E-state index contributed by atoms with van der Waals surface area (Å²) in [6, 6.07) is 19.0. The fourth-order valence-electron chi connectivity index (χ4n) is 2.93. The molecule has 0 amide bonds. The van der Waals surface area contributed by atoms with Crippen LogP contribution in [0.4, 0.5) is 0 Å². The van der Waals surface area contributed by atoms with E-state index >= 15 is 0 Å². The van der Waals surface area contributed by atoms with E-state index in [1.54, 1.807) is 11.3 Å². The van der Waals surface area contributed by atoms with Crippen LogP contribution in [0, 0.1) is 5.92 Å². The SMILES string of the molecule is C[C@@H]1CC1(Oc1cccc2ccccc12)c1cccs1. The van der Waals surface area contributed by atoms with Crippen molar-refractivity contribution >= 4 is 22.1 Å². The number of rotatable bonds is 3. The van der Waals surface area contributed by atoms with E-state index in [1.165, 1.54) is 15.6 Å². The van der Waals surface area contributed by atoms with Gasteiger partial charge in [-0.25, -0.2) is 0 Å². The van der Waals surface area contributed by atoms with Crippen molar-refractivity contribution < 1.29 is 4.74 Å². The predicted molar refractivity (Wildman–Crippen MR) is 84.4 cm³/mol. The van der Waals surface area contributed by atoms with E-state index in [1.807, 2.05) is 0 Å². The van der Waals surface area contributed by atoms with Gasteiger partial charge in [-0.2, -0.15) is 0 Å². The number of thiophene rings is 1. The molecule has 2 heteroatoms. The van der Waals surface area contributed by atoms with Crippen LogP contribution >= 0.6 is 11.3 Å². The van der Waals surface area contributed by atoms with E-state index in [4.69, 9.17) is 4.74 Å². The van der Waals surface area contributed by atoms with Gasteiger partial charge >= 0.3 is 0 Å². The van der Waals surface area contributed by atoms with Gasteiger partial charge in [-0.3, -0.25) is 0 Å². The Bertz CT molecular complexity index is 742. The van der Waals surface area contributed by atoms with Gasteiger partial charge < -0.3 is 4.74 Å². The second-order valence-corrected chi connectivity index (χ2v) is 6.50. The molecule has 1 saturated carbocycles. The van der Waals surface area contributed by atoms with Crippen molar-refractivity contribution in [1.82, 2.24) is 0 Å². The highest BCUT2D eigenvalue weighted by Crippen LogP contribution is 2.56. The van der Waals surface area contributed by atoms with Gasteiger partial charge in [0.2, 0.25) is 0 Å². The highest BCUT2D eigenvalue weighted by Gasteiger charge is 2.56. The van der Waals surface area contributed by atoms with Crippen LogP contribution in [-0.4, -0.2) is 0 Å². The lowest BCUT2D eigenvalue weighted by Gasteiger charge is -2.19. The molecule has 3 aromatic rings. The first-order chi connectivity index (χ1) is 9.79. The lowest BCUT2D eigenvalue weighted by Crippen LogP contribution is -2.16. The molecule has 0 bridgehead atoms. The Balaban J connectivity index is 1.78. The third-order valence-corrected chi connectivity index (χ3v) is 5.25. The highest BCUT2D eigenvalue weighted by atomic mass is 32.1. The Morgan fingerprint density at radius 1 is 1.05 bits per heavy atom. The molecule has 1 aromatic heterocycles. The minimum absolute atomic E-state index is 0.0989. The Hall–Kier alpha value is -1.80. The molecule has 20 heavy (non-hydrogen) atoms. The normalized spacial score (nSPS) is 24.8. The van der Waals surface area contributed by atoms with Gasteiger partial charge in [0.05, 0.1) is 0 Å². The molecule has 100 valence electrons. The molecule has 4 rings (SSSR count). The quantitative estimate of drug-likeness (QED) is 0.639. The molecule has 1 nitrogen and oxygen atoms in total. The number of hydrogen-bond acceptors (Lipinski definition) is 2. The molecule has 1 aliphatic carbocycles. The van der Waals surface area contributed by atoms with Crippen molar-refractivity contribution in [3.05, 3.63) is 64.9 Å². The summed E-state index contributed by atoms with van der Waals surface area (Å²) >= 11 is 1.80. The molecule has 2 aromatic carbocycles. The Morgan fingerprint density at radius 2 is 1.85 bits per heavy atom. The summed E-state index contributed by atoms with van der Waals surface area (Å²) < 4.78 is 6.49. The second kappa shape index (κ2) is 4.35. The van der Waals surface area contributed by atoms with E-state index in [9.17, 15) is 0 Å². The van der Waals surface area contributed by atoms with Crippen LogP contribution in [0.3, 0.4) is 0 Å². The topological polar surface area (TPSA) is 9.23 Å². The maximum absolute atomic E-state index is 6.49. The Labute approximate surface area is 122 Å². The highest BCUT2D eigenvalue weighted by molar-refractivity contribution is 7.10. The molecule has 0 radical (unpaired) electrons. The van der Waals surface area contributed by atoms with E-state index in [2.05, 4.69) is 66.9 Å². The first kappa shape index (κ1) is 12.0. The van der Waals surface area contributed by atoms with Gasteiger partial charge in [-0.1, -0.05) is 49.4 Å². The van der Waals surface area contributed by atoms with Gasteiger partial charge in [0.1, 0.15) is 11.4 Å². The van der Waals surface area contributed by atoms with E-state index in [0.29, 0.717) is 5.92 Å². The summed E-state index contributed by atoms with van der Waals surface area (Å²) in [4.78, 5) is 1.35. The molecular formula is C18H16OS. The van der Waals surface area contributed by atoms with Crippen LogP contribution in [0.2, 0.25) is 0 Å². The van der Waals surface area contributed by atoms with Crippen LogP contribution in [0.15, 0.2) is 60.0 Å². The largest absolute Gasteiger partial charge is 0.481 e. The lowest BCUT2D eigenvalue weighted by molar-refractivity contribution is 0.171. The fraction of sp³-hybridized carbons (Fsp3) is 0.222. The van der Waals surface area contributed by atoms with Gasteiger partial charge in [-0.15, -0.1) is 11.3 Å². The van der Waals surface area contributed by atoms with Gasteiger partial charge in [0.25, 0.3) is 0 Å². The molecule has 1 fully saturated rings. The van der Waals surface area contributed by atoms with Crippen LogP contribution < -0.4 is 4.74 Å². The smallest absolute Gasteiger partial charge is 0.146 e. The summed E-state index contributed by atoms with van der Waals surface area (Å²) in [5.74, 6) is 1.58. The number of fused-ring (bicyclic) bond motifs is 1. The zero-order valence-electron chi connectivity index (χ0n) is 11.4. The van der Waals surface area contributed by atoms with E-state index < -0.39 is 0 Å². The standard InChI is InChI=1S/C18H16OS/c1-13-12-18(13,17-10-5-11-20-17)19-16-9-4-7-14-6-2-3-8-15(14)16/h2-11,13H,12H2,1H3/t13-,18?/m1/s1. The van der Waals surface area contributed by atoms with Crippen molar-refractivity contribution in [2.24, 2.45) is 5.92 Å². The first-order valence-corrected chi connectivity index (χ1v) is 7.88. The summed E-state index contributed by atoms with van der Waals surface area (Å²) in [5.41, 5.74) is -0.0989. The van der Waals surface area contributed by atoms with Crippen LogP contribution in [0.25, 0.3) is 10.8 Å². The maximum atomic E-state index is 6.49. The predicted octanol–water partition coefficient (Wildman–Crippen LogP) is 5.22. The third-order valence-electron chi connectivity index (χ3n) is 4.23. The van der Waals surface area contributed by atoms with Gasteiger partial charge in [0, 0.05) is 16.2 Å². The number of ether oxygens (including phenoxy) is 1. The van der Waals surface area contributed by atoms with Crippen molar-refractivity contribution in [3.63, 3.8) is 0 Å².